The Bertz CT molecular complexity index is 1620. The number of fused-ring (bicyclic) bond motifs is 2. The molecule has 3 aromatic carbocycles. The fraction of sp³-hybridized carbons (Fsp3) is 0.300. The van der Waals surface area contributed by atoms with Crippen molar-refractivity contribution in [2.75, 3.05) is 14.2 Å². The average Bonchev–Trinajstić information content (AvgIpc) is 3.58. The summed E-state index contributed by atoms with van der Waals surface area (Å²) in [6.45, 7) is 0.806. The van der Waals surface area contributed by atoms with Crippen LogP contribution in [0.15, 0.2) is 63.9 Å². The number of benzene rings is 3. The molecule has 1 amide bonds. The predicted molar refractivity (Wildman–Crippen MR) is 150 cm³/mol. The van der Waals surface area contributed by atoms with E-state index in [1.54, 1.807) is 18.8 Å². The minimum Gasteiger partial charge on any atom is -0.497 e. The van der Waals surface area contributed by atoms with E-state index >= 15 is 0 Å². The van der Waals surface area contributed by atoms with Gasteiger partial charge in [-0.25, -0.2) is 4.98 Å². The van der Waals surface area contributed by atoms with Crippen molar-refractivity contribution in [3.05, 3.63) is 86.1 Å². The van der Waals surface area contributed by atoms with Crippen LogP contribution in [0.4, 0.5) is 0 Å². The first kappa shape index (κ1) is 24.7. The Balaban J connectivity index is 1.51. The number of nitrogens with zero attached hydrogens (tertiary/aromatic N) is 3. The Morgan fingerprint density at radius 2 is 1.76 bits per heavy atom. The lowest BCUT2D eigenvalue weighted by Gasteiger charge is -2.23. The van der Waals surface area contributed by atoms with E-state index in [-0.39, 0.29) is 17.5 Å². The van der Waals surface area contributed by atoms with Crippen molar-refractivity contribution in [2.45, 2.75) is 44.8 Å². The summed E-state index contributed by atoms with van der Waals surface area (Å²) < 4.78 is 13.6. The van der Waals surface area contributed by atoms with E-state index in [9.17, 15) is 9.59 Å². The first-order valence-corrected chi connectivity index (χ1v) is 13.6. The second kappa shape index (κ2) is 9.91. The molecule has 6 rings (SSSR count). The monoisotopic (exact) mass is 573 g/mol. The van der Waals surface area contributed by atoms with Gasteiger partial charge in [-0.1, -0.05) is 40.9 Å². The molecule has 1 aliphatic carbocycles. The second-order valence-corrected chi connectivity index (χ2v) is 10.8. The summed E-state index contributed by atoms with van der Waals surface area (Å²) in [7, 11) is 3.21. The highest BCUT2D eigenvalue weighted by atomic mass is 79.9. The molecule has 2 heterocycles. The van der Waals surface area contributed by atoms with E-state index < -0.39 is 0 Å². The zero-order chi connectivity index (χ0) is 26.4. The van der Waals surface area contributed by atoms with Gasteiger partial charge in [-0.05, 0) is 54.8 Å². The summed E-state index contributed by atoms with van der Waals surface area (Å²) in [6, 6.07) is 17.2. The molecule has 2 aliphatic rings. The molecule has 38 heavy (non-hydrogen) atoms. The molecule has 0 N–H and O–H groups in total. The molecular formula is C30H28BrN3O4. The second-order valence-electron chi connectivity index (χ2n) is 9.87. The third-order valence-electron chi connectivity index (χ3n) is 7.75. The molecule has 0 unspecified atom stereocenters. The van der Waals surface area contributed by atoms with Crippen LogP contribution in [0.2, 0.25) is 0 Å². The lowest BCUT2D eigenvalue weighted by molar-refractivity contribution is 0.0707. The van der Waals surface area contributed by atoms with Crippen molar-refractivity contribution in [2.24, 2.45) is 0 Å². The fourth-order valence-electron chi connectivity index (χ4n) is 5.79. The maximum Gasteiger partial charge on any atom is 0.277 e. The first-order chi connectivity index (χ1) is 18.5. The van der Waals surface area contributed by atoms with Gasteiger partial charge in [-0.15, -0.1) is 0 Å². The molecule has 0 bridgehead atoms. The molecule has 1 aromatic heterocycles. The molecule has 8 heteroatoms. The number of rotatable bonds is 6. The Morgan fingerprint density at radius 1 is 0.974 bits per heavy atom. The van der Waals surface area contributed by atoms with Crippen LogP contribution in [0.25, 0.3) is 22.3 Å². The van der Waals surface area contributed by atoms with Crippen LogP contribution in [0.3, 0.4) is 0 Å². The van der Waals surface area contributed by atoms with Crippen molar-refractivity contribution in [3.8, 4) is 22.8 Å². The number of carbonyl (C=O) groups excluding carboxylic acids is 1. The van der Waals surface area contributed by atoms with E-state index in [2.05, 4.69) is 15.9 Å². The molecule has 0 spiro atoms. The van der Waals surface area contributed by atoms with Crippen LogP contribution >= 0.6 is 15.9 Å². The van der Waals surface area contributed by atoms with Crippen molar-refractivity contribution >= 4 is 32.9 Å². The lowest BCUT2D eigenvalue weighted by atomic mass is 10.0. The van der Waals surface area contributed by atoms with Gasteiger partial charge >= 0.3 is 0 Å². The molecule has 0 atom stereocenters. The van der Waals surface area contributed by atoms with Crippen LogP contribution in [0.1, 0.15) is 47.2 Å². The number of halogens is 1. The van der Waals surface area contributed by atoms with Crippen LogP contribution in [-0.4, -0.2) is 40.6 Å². The molecule has 194 valence electrons. The van der Waals surface area contributed by atoms with Crippen LogP contribution in [-0.2, 0) is 13.1 Å². The average molecular weight is 574 g/mol. The number of amides is 1. The zero-order valence-electron chi connectivity index (χ0n) is 21.4. The standard InChI is InChI=1S/C30H28BrN3O4/c1-37-21-12-10-18(27(15-21)38-2)16-34-26-13-11-19(31)14-25(26)32-28(30(34)36)22-8-5-9-23-24(22)17-33(29(23)35)20-6-3-4-7-20/h5,8-15,20H,3-4,6-7,16-17H2,1-2H3. The summed E-state index contributed by atoms with van der Waals surface area (Å²) in [5, 5.41) is 0. The Kier molecular flexibility index (Phi) is 6.43. The summed E-state index contributed by atoms with van der Waals surface area (Å²) in [5.41, 5.74) is 4.67. The van der Waals surface area contributed by atoms with Gasteiger partial charge in [-0.3, -0.25) is 9.59 Å². The van der Waals surface area contributed by atoms with Gasteiger partial charge in [0.2, 0.25) is 0 Å². The fourth-order valence-corrected chi connectivity index (χ4v) is 6.14. The number of hydrogen-bond donors (Lipinski definition) is 0. The van der Waals surface area contributed by atoms with Crippen molar-refractivity contribution < 1.29 is 14.3 Å². The van der Waals surface area contributed by atoms with Crippen molar-refractivity contribution in [1.29, 1.82) is 0 Å². The van der Waals surface area contributed by atoms with Crippen LogP contribution in [0, 0.1) is 0 Å². The first-order valence-electron chi connectivity index (χ1n) is 12.8. The third-order valence-corrected chi connectivity index (χ3v) is 8.24. The van der Waals surface area contributed by atoms with E-state index in [1.807, 2.05) is 59.5 Å². The topological polar surface area (TPSA) is 73.7 Å². The molecule has 0 radical (unpaired) electrons. The highest BCUT2D eigenvalue weighted by Crippen LogP contribution is 2.36. The number of hydrogen-bond acceptors (Lipinski definition) is 5. The number of ether oxygens (including phenoxy) is 2. The van der Waals surface area contributed by atoms with E-state index in [4.69, 9.17) is 14.5 Å². The van der Waals surface area contributed by atoms with Gasteiger partial charge in [-0.2, -0.15) is 0 Å². The van der Waals surface area contributed by atoms with Crippen molar-refractivity contribution in [3.63, 3.8) is 0 Å². The molecule has 1 saturated carbocycles. The van der Waals surface area contributed by atoms with Gasteiger partial charge in [0.25, 0.3) is 11.5 Å². The zero-order valence-corrected chi connectivity index (χ0v) is 23.0. The number of carbonyl (C=O) groups is 1. The molecule has 0 saturated heterocycles. The summed E-state index contributed by atoms with van der Waals surface area (Å²) in [6.07, 6.45) is 4.37. The van der Waals surface area contributed by atoms with E-state index in [1.165, 1.54) is 0 Å². The highest BCUT2D eigenvalue weighted by Gasteiger charge is 2.36. The van der Waals surface area contributed by atoms with Gasteiger partial charge in [0.1, 0.15) is 17.2 Å². The smallest absolute Gasteiger partial charge is 0.277 e. The third kappa shape index (κ3) is 4.17. The quantitative estimate of drug-likeness (QED) is 0.292. The normalized spacial score (nSPS) is 15.3. The lowest BCUT2D eigenvalue weighted by Crippen LogP contribution is -2.33. The van der Waals surface area contributed by atoms with Gasteiger partial charge in [0, 0.05) is 39.8 Å². The minimum absolute atomic E-state index is 0.0561. The maximum atomic E-state index is 14.1. The summed E-state index contributed by atoms with van der Waals surface area (Å²) in [5.74, 6) is 1.37. The number of aromatic nitrogens is 2. The Morgan fingerprint density at radius 3 is 2.53 bits per heavy atom. The molecule has 4 aromatic rings. The molecular weight excluding hydrogens is 546 g/mol. The predicted octanol–water partition coefficient (Wildman–Crippen LogP) is 5.79. The highest BCUT2D eigenvalue weighted by molar-refractivity contribution is 9.10. The Labute approximate surface area is 229 Å². The van der Waals surface area contributed by atoms with Crippen molar-refractivity contribution in [1.82, 2.24) is 14.5 Å². The summed E-state index contributed by atoms with van der Waals surface area (Å²) in [4.78, 5) is 34.3. The molecule has 1 fully saturated rings. The maximum absolute atomic E-state index is 14.1. The largest absolute Gasteiger partial charge is 0.497 e. The van der Waals surface area contributed by atoms with E-state index in [0.29, 0.717) is 41.4 Å². The minimum atomic E-state index is -0.210. The number of methoxy groups -OCH3 is 2. The molecule has 7 nitrogen and oxygen atoms in total. The van der Waals surface area contributed by atoms with Gasteiger partial charge in [0.05, 0.1) is 31.8 Å². The SMILES string of the molecule is COc1ccc(Cn2c(=O)c(-c3cccc4c3CN(C3CCCC3)C4=O)nc3cc(Br)ccc32)c(OC)c1. The van der Waals surface area contributed by atoms with Crippen LogP contribution < -0.4 is 15.0 Å². The van der Waals surface area contributed by atoms with Gasteiger partial charge < -0.3 is 18.9 Å². The van der Waals surface area contributed by atoms with Crippen LogP contribution in [0.5, 0.6) is 11.5 Å². The van der Waals surface area contributed by atoms with Gasteiger partial charge in [0.15, 0.2) is 0 Å². The summed E-state index contributed by atoms with van der Waals surface area (Å²) >= 11 is 3.55. The van der Waals surface area contributed by atoms with E-state index in [0.717, 1.165) is 52.4 Å². The Hall–Kier alpha value is -3.65. The molecule has 1 aliphatic heterocycles.